The summed E-state index contributed by atoms with van der Waals surface area (Å²) in [6.07, 6.45) is 0. The van der Waals surface area contributed by atoms with Gasteiger partial charge in [0.1, 0.15) is 5.60 Å². The summed E-state index contributed by atoms with van der Waals surface area (Å²) in [6.45, 7) is 10.9. The summed E-state index contributed by atoms with van der Waals surface area (Å²) in [5.74, 6) is 0.714. The van der Waals surface area contributed by atoms with Gasteiger partial charge in [-0.15, -0.1) is 35.3 Å². The predicted molar refractivity (Wildman–Crippen MR) is 135 cm³/mol. The van der Waals surface area contributed by atoms with Crippen LogP contribution in [-0.4, -0.2) is 42.1 Å². The van der Waals surface area contributed by atoms with Crippen molar-refractivity contribution in [2.75, 3.05) is 20.1 Å². The minimum absolute atomic E-state index is 0. The minimum atomic E-state index is -0.928. The van der Waals surface area contributed by atoms with Gasteiger partial charge in [0.15, 0.2) is 5.96 Å². The van der Waals surface area contributed by atoms with Crippen molar-refractivity contribution in [3.63, 3.8) is 0 Å². The number of nitrogens with one attached hydrogen (secondary N) is 2. The maximum atomic E-state index is 10.7. The van der Waals surface area contributed by atoms with Crippen molar-refractivity contribution in [1.29, 1.82) is 0 Å². The molecule has 0 aliphatic rings. The molecule has 162 valence electrons. The molecule has 0 amide bonds. The first-order chi connectivity index (χ1) is 13.3. The van der Waals surface area contributed by atoms with E-state index in [9.17, 15) is 5.11 Å². The standard InChI is InChI=1S/C22H34N4OS.HI/c1-6-23-21(25-16-22(4,27)20-12-9-13-28-20)24-14-18-10-7-8-11-19(18)15-26(5)17(2)3;/h7-13,17,27H,6,14-16H2,1-5H3,(H2,23,24,25);1H. The zero-order chi connectivity index (χ0) is 20.6. The van der Waals surface area contributed by atoms with E-state index >= 15 is 0 Å². The maximum absolute atomic E-state index is 10.7. The molecule has 3 N–H and O–H groups in total. The maximum Gasteiger partial charge on any atom is 0.191 e. The molecule has 1 heterocycles. The molecule has 1 aromatic heterocycles. The van der Waals surface area contributed by atoms with E-state index in [1.165, 1.54) is 11.1 Å². The van der Waals surface area contributed by atoms with Crippen molar-refractivity contribution in [2.24, 2.45) is 4.99 Å². The fraction of sp³-hybridized carbons (Fsp3) is 0.500. The SMILES string of the molecule is CCNC(=NCc1ccccc1CN(C)C(C)C)NCC(C)(O)c1cccs1.I. The number of aliphatic hydroxyl groups is 1. The van der Waals surface area contributed by atoms with Crippen LogP contribution in [0.2, 0.25) is 0 Å². The quantitative estimate of drug-likeness (QED) is 0.259. The summed E-state index contributed by atoms with van der Waals surface area (Å²) in [5.41, 5.74) is 1.59. The van der Waals surface area contributed by atoms with Crippen LogP contribution in [0.25, 0.3) is 0 Å². The van der Waals surface area contributed by atoms with Crippen LogP contribution in [0.15, 0.2) is 46.8 Å². The zero-order valence-electron chi connectivity index (χ0n) is 18.1. The molecule has 29 heavy (non-hydrogen) atoms. The first-order valence-corrected chi connectivity index (χ1v) is 10.8. The molecule has 0 saturated heterocycles. The third-order valence-electron chi connectivity index (χ3n) is 4.82. The van der Waals surface area contributed by atoms with Gasteiger partial charge >= 0.3 is 0 Å². The van der Waals surface area contributed by atoms with Gasteiger partial charge in [-0.1, -0.05) is 30.3 Å². The second kappa shape index (κ2) is 12.5. The Balaban J connectivity index is 0.00000420. The second-order valence-corrected chi connectivity index (χ2v) is 8.53. The highest BCUT2D eigenvalue weighted by Crippen LogP contribution is 2.24. The summed E-state index contributed by atoms with van der Waals surface area (Å²) >= 11 is 1.56. The van der Waals surface area contributed by atoms with Gasteiger partial charge in [-0.05, 0) is 57.3 Å². The van der Waals surface area contributed by atoms with Crippen molar-refractivity contribution in [3.05, 3.63) is 57.8 Å². The van der Waals surface area contributed by atoms with E-state index in [1.54, 1.807) is 11.3 Å². The van der Waals surface area contributed by atoms with Gasteiger partial charge in [0.25, 0.3) is 0 Å². The van der Waals surface area contributed by atoms with E-state index < -0.39 is 5.60 Å². The number of halogens is 1. The van der Waals surface area contributed by atoms with Gasteiger partial charge in [-0.2, -0.15) is 0 Å². The van der Waals surface area contributed by atoms with Crippen molar-refractivity contribution in [2.45, 2.75) is 52.4 Å². The molecule has 2 rings (SSSR count). The third-order valence-corrected chi connectivity index (χ3v) is 5.95. The van der Waals surface area contributed by atoms with E-state index in [1.807, 2.05) is 31.4 Å². The first-order valence-electron chi connectivity index (χ1n) is 9.89. The molecule has 0 spiro atoms. The summed E-state index contributed by atoms with van der Waals surface area (Å²) in [7, 11) is 2.14. The smallest absolute Gasteiger partial charge is 0.191 e. The van der Waals surface area contributed by atoms with E-state index in [-0.39, 0.29) is 24.0 Å². The van der Waals surface area contributed by atoms with Crippen molar-refractivity contribution < 1.29 is 5.11 Å². The summed E-state index contributed by atoms with van der Waals surface area (Å²) in [4.78, 5) is 8.02. The van der Waals surface area contributed by atoms with Crippen LogP contribution in [0.3, 0.4) is 0 Å². The Morgan fingerprint density at radius 1 is 1.17 bits per heavy atom. The van der Waals surface area contributed by atoms with Crippen LogP contribution < -0.4 is 10.6 Å². The molecule has 1 unspecified atom stereocenters. The van der Waals surface area contributed by atoms with Gasteiger partial charge in [0.2, 0.25) is 0 Å². The molecule has 0 aliphatic heterocycles. The first kappa shape index (κ1) is 25.9. The van der Waals surface area contributed by atoms with Crippen LogP contribution in [0.5, 0.6) is 0 Å². The average molecular weight is 531 g/mol. The highest BCUT2D eigenvalue weighted by Gasteiger charge is 2.24. The van der Waals surface area contributed by atoms with Gasteiger partial charge in [-0.3, -0.25) is 4.90 Å². The fourth-order valence-electron chi connectivity index (χ4n) is 2.75. The Labute approximate surface area is 196 Å². The molecular weight excluding hydrogens is 495 g/mol. The van der Waals surface area contributed by atoms with Gasteiger partial charge in [-0.25, -0.2) is 4.99 Å². The fourth-order valence-corrected chi connectivity index (χ4v) is 3.54. The van der Waals surface area contributed by atoms with Crippen LogP contribution in [0.1, 0.15) is 43.7 Å². The lowest BCUT2D eigenvalue weighted by Crippen LogP contribution is -2.44. The molecule has 7 heteroatoms. The van der Waals surface area contributed by atoms with Crippen LogP contribution in [0.4, 0.5) is 0 Å². The zero-order valence-corrected chi connectivity index (χ0v) is 21.3. The monoisotopic (exact) mass is 530 g/mol. The lowest BCUT2D eigenvalue weighted by atomic mass is 10.1. The number of aliphatic imine (C=N–C) groups is 1. The number of hydrogen-bond acceptors (Lipinski definition) is 4. The predicted octanol–water partition coefficient (Wildman–Crippen LogP) is 4.17. The van der Waals surface area contributed by atoms with Crippen LogP contribution >= 0.6 is 35.3 Å². The van der Waals surface area contributed by atoms with Crippen molar-refractivity contribution in [1.82, 2.24) is 15.5 Å². The molecule has 5 nitrogen and oxygen atoms in total. The van der Waals surface area contributed by atoms with E-state index in [2.05, 4.69) is 60.7 Å². The molecule has 0 aliphatic carbocycles. The summed E-state index contributed by atoms with van der Waals surface area (Å²) in [5, 5.41) is 19.3. The van der Waals surface area contributed by atoms with Gasteiger partial charge in [0.05, 0.1) is 13.1 Å². The average Bonchev–Trinajstić information content (AvgIpc) is 3.20. The molecule has 1 atom stereocenters. The van der Waals surface area contributed by atoms with Gasteiger partial charge < -0.3 is 15.7 Å². The summed E-state index contributed by atoms with van der Waals surface area (Å²) < 4.78 is 0. The molecule has 0 bridgehead atoms. The number of rotatable bonds is 9. The molecule has 0 fully saturated rings. The Kier molecular flexibility index (Phi) is 11.2. The number of nitrogens with zero attached hydrogens (tertiary/aromatic N) is 2. The number of benzene rings is 1. The molecule has 1 aromatic carbocycles. The lowest BCUT2D eigenvalue weighted by Gasteiger charge is -2.24. The largest absolute Gasteiger partial charge is 0.383 e. The number of guanidine groups is 1. The molecule has 0 saturated carbocycles. The molecular formula is C22H35IN4OS. The normalized spacial score (nSPS) is 13.9. The second-order valence-electron chi connectivity index (χ2n) is 7.58. The molecule has 2 aromatic rings. The number of hydrogen-bond donors (Lipinski definition) is 3. The van der Waals surface area contributed by atoms with E-state index in [0.29, 0.717) is 25.1 Å². The van der Waals surface area contributed by atoms with E-state index in [0.717, 1.165) is 18.0 Å². The Hall–Kier alpha value is -1.16. The third kappa shape index (κ3) is 8.24. The van der Waals surface area contributed by atoms with Crippen LogP contribution in [0, 0.1) is 0 Å². The Morgan fingerprint density at radius 3 is 2.45 bits per heavy atom. The minimum Gasteiger partial charge on any atom is -0.383 e. The van der Waals surface area contributed by atoms with Crippen molar-refractivity contribution >= 4 is 41.3 Å². The van der Waals surface area contributed by atoms with Gasteiger partial charge in [0, 0.05) is 24.0 Å². The Morgan fingerprint density at radius 2 is 1.86 bits per heavy atom. The summed E-state index contributed by atoms with van der Waals surface area (Å²) in [6, 6.07) is 12.9. The highest BCUT2D eigenvalue weighted by atomic mass is 127. The molecule has 0 radical (unpaired) electrons. The Bertz CT molecular complexity index is 747. The highest BCUT2D eigenvalue weighted by molar-refractivity contribution is 14.0. The topological polar surface area (TPSA) is 59.9 Å². The lowest BCUT2D eigenvalue weighted by molar-refractivity contribution is 0.0655. The van der Waals surface area contributed by atoms with Crippen molar-refractivity contribution in [3.8, 4) is 0 Å². The van der Waals surface area contributed by atoms with E-state index in [4.69, 9.17) is 4.99 Å². The number of thiophene rings is 1. The van der Waals surface area contributed by atoms with Crippen LogP contribution in [-0.2, 0) is 18.7 Å².